The van der Waals surface area contributed by atoms with Gasteiger partial charge in [0.2, 0.25) is 5.66 Å². The molecule has 0 amide bonds. The van der Waals surface area contributed by atoms with Crippen LogP contribution in [0.4, 0.5) is 0 Å². The van der Waals surface area contributed by atoms with Gasteiger partial charge in [0.25, 0.3) is 0 Å². The highest BCUT2D eigenvalue weighted by atomic mass is 16.4. The van der Waals surface area contributed by atoms with Gasteiger partial charge in [-0.05, 0) is 0 Å². The molecule has 2 aliphatic rings. The van der Waals surface area contributed by atoms with Crippen molar-refractivity contribution in [3.63, 3.8) is 0 Å². The molecule has 0 aromatic carbocycles. The summed E-state index contributed by atoms with van der Waals surface area (Å²) < 4.78 is 0. The van der Waals surface area contributed by atoms with Gasteiger partial charge in [0.05, 0.1) is 12.8 Å². The Morgan fingerprint density at radius 3 is 3.21 bits per heavy atom. The lowest BCUT2D eigenvalue weighted by Gasteiger charge is -2.23. The van der Waals surface area contributed by atoms with Crippen LogP contribution in [0.15, 0.2) is 20.0 Å². The molecule has 0 bridgehead atoms. The molecule has 0 aromatic heterocycles. The molecule has 2 rings (SSSR count). The summed E-state index contributed by atoms with van der Waals surface area (Å²) >= 11 is 0. The molecule has 7 nitrogen and oxygen atoms in total. The molecule has 0 saturated carbocycles. The fraction of sp³-hybridized carbons (Fsp3) is 0.286. The van der Waals surface area contributed by atoms with Gasteiger partial charge < -0.3 is 5.11 Å². The summed E-state index contributed by atoms with van der Waals surface area (Å²) in [5, 5.41) is 11.2. The van der Waals surface area contributed by atoms with Gasteiger partial charge in [-0.2, -0.15) is 0 Å². The molecule has 0 aliphatic carbocycles. The van der Waals surface area contributed by atoms with Crippen molar-refractivity contribution in [2.24, 2.45) is 20.0 Å². The van der Waals surface area contributed by atoms with Gasteiger partial charge in [-0.3, -0.25) is 10.1 Å². The van der Waals surface area contributed by atoms with E-state index in [1.807, 2.05) is 0 Å². The zero-order chi connectivity index (χ0) is 10.0. The Bertz CT molecular complexity index is 384. The van der Waals surface area contributed by atoms with Crippen LogP contribution in [0.5, 0.6) is 0 Å². The SMILES string of the molecule is O=C(O)CNC12C=NC=NC1=NC=N2. The van der Waals surface area contributed by atoms with Gasteiger partial charge in [-0.15, -0.1) is 0 Å². The van der Waals surface area contributed by atoms with Crippen LogP contribution in [0.1, 0.15) is 0 Å². The highest BCUT2D eigenvalue weighted by molar-refractivity contribution is 6.17. The molecule has 1 unspecified atom stereocenters. The number of carboxylic acid groups (broad SMARTS) is 1. The Labute approximate surface area is 79.0 Å². The van der Waals surface area contributed by atoms with Crippen LogP contribution < -0.4 is 5.32 Å². The second kappa shape index (κ2) is 3.11. The van der Waals surface area contributed by atoms with Crippen molar-refractivity contribution < 1.29 is 9.90 Å². The number of nitrogens with one attached hydrogen (secondary N) is 1. The maximum atomic E-state index is 10.4. The minimum absolute atomic E-state index is 0.224. The first-order chi connectivity index (χ1) is 6.73. The number of nitrogens with zero attached hydrogens (tertiary/aromatic N) is 4. The number of hydrogen-bond acceptors (Lipinski definition) is 6. The maximum absolute atomic E-state index is 10.4. The number of fused-ring (bicyclic) bond motifs is 1. The molecule has 0 saturated heterocycles. The van der Waals surface area contributed by atoms with Crippen molar-refractivity contribution in [2.45, 2.75) is 5.66 Å². The van der Waals surface area contributed by atoms with Crippen molar-refractivity contribution in [2.75, 3.05) is 6.54 Å². The summed E-state index contributed by atoms with van der Waals surface area (Å²) in [6, 6.07) is 0. The topological polar surface area (TPSA) is 98.8 Å². The third kappa shape index (κ3) is 1.33. The van der Waals surface area contributed by atoms with Crippen LogP contribution in [-0.2, 0) is 4.79 Å². The van der Waals surface area contributed by atoms with E-state index in [0.29, 0.717) is 5.84 Å². The number of hydrogen-bond donors (Lipinski definition) is 2. The summed E-state index contributed by atoms with van der Waals surface area (Å²) in [6.07, 6.45) is 4.15. The third-order valence-electron chi connectivity index (χ3n) is 1.80. The lowest BCUT2D eigenvalue weighted by atomic mass is 10.1. The van der Waals surface area contributed by atoms with Crippen molar-refractivity contribution in [3.8, 4) is 0 Å². The van der Waals surface area contributed by atoms with Crippen molar-refractivity contribution >= 4 is 30.7 Å². The number of aliphatic carboxylic acids is 1. The van der Waals surface area contributed by atoms with Crippen LogP contribution in [0.3, 0.4) is 0 Å². The molecular weight excluding hydrogens is 186 g/mol. The first kappa shape index (κ1) is 8.70. The van der Waals surface area contributed by atoms with E-state index < -0.39 is 11.6 Å². The summed E-state index contributed by atoms with van der Waals surface area (Å²) in [7, 11) is 0. The lowest BCUT2D eigenvalue weighted by Crippen LogP contribution is -2.52. The molecule has 0 aromatic rings. The monoisotopic (exact) mass is 193 g/mol. The van der Waals surface area contributed by atoms with Gasteiger partial charge >= 0.3 is 5.97 Å². The molecule has 0 spiro atoms. The highest BCUT2D eigenvalue weighted by Crippen LogP contribution is 2.15. The average molecular weight is 193 g/mol. The van der Waals surface area contributed by atoms with E-state index >= 15 is 0 Å². The number of amidine groups is 1. The van der Waals surface area contributed by atoms with Crippen molar-refractivity contribution in [3.05, 3.63) is 0 Å². The quantitative estimate of drug-likeness (QED) is 0.595. The zero-order valence-electron chi connectivity index (χ0n) is 7.08. The first-order valence-electron chi connectivity index (χ1n) is 3.89. The molecule has 7 heteroatoms. The Kier molecular flexibility index (Phi) is 1.93. The Morgan fingerprint density at radius 1 is 1.57 bits per heavy atom. The van der Waals surface area contributed by atoms with Gasteiger partial charge in [0.1, 0.15) is 12.7 Å². The molecule has 1 atom stereocenters. The lowest BCUT2D eigenvalue weighted by molar-refractivity contribution is -0.136. The minimum Gasteiger partial charge on any atom is -0.480 e. The predicted molar refractivity (Wildman–Crippen MR) is 51.3 cm³/mol. The van der Waals surface area contributed by atoms with Gasteiger partial charge in [0.15, 0.2) is 5.84 Å². The number of carboxylic acids is 1. The van der Waals surface area contributed by atoms with Gasteiger partial charge in [-0.25, -0.2) is 20.0 Å². The highest BCUT2D eigenvalue weighted by Gasteiger charge is 2.37. The van der Waals surface area contributed by atoms with Crippen LogP contribution in [0.25, 0.3) is 0 Å². The smallest absolute Gasteiger partial charge is 0.317 e. The van der Waals surface area contributed by atoms with Crippen LogP contribution in [0, 0.1) is 0 Å². The molecule has 2 heterocycles. The fourth-order valence-corrected chi connectivity index (χ4v) is 1.16. The Balaban J connectivity index is 2.18. The number of rotatable bonds is 3. The minimum atomic E-state index is -0.979. The molecule has 2 aliphatic heterocycles. The second-order valence-corrected chi connectivity index (χ2v) is 2.73. The van der Waals surface area contributed by atoms with Gasteiger partial charge in [0, 0.05) is 0 Å². The third-order valence-corrected chi connectivity index (χ3v) is 1.80. The predicted octanol–water partition coefficient (Wildman–Crippen LogP) is -1.09. The van der Waals surface area contributed by atoms with E-state index in [9.17, 15) is 4.79 Å². The summed E-state index contributed by atoms with van der Waals surface area (Å²) in [5.74, 6) is -0.558. The Hall–Kier alpha value is -1.89. The normalized spacial score (nSPS) is 27.6. The molecule has 72 valence electrons. The van der Waals surface area contributed by atoms with Crippen LogP contribution >= 0.6 is 0 Å². The van der Waals surface area contributed by atoms with Crippen molar-refractivity contribution in [1.82, 2.24) is 5.32 Å². The fourth-order valence-electron chi connectivity index (χ4n) is 1.16. The van der Waals surface area contributed by atoms with E-state index in [-0.39, 0.29) is 6.54 Å². The molecule has 2 N–H and O–H groups in total. The Morgan fingerprint density at radius 2 is 2.43 bits per heavy atom. The van der Waals surface area contributed by atoms with E-state index in [1.165, 1.54) is 18.9 Å². The van der Waals surface area contributed by atoms with E-state index in [0.717, 1.165) is 0 Å². The zero-order valence-corrected chi connectivity index (χ0v) is 7.08. The first-order valence-corrected chi connectivity index (χ1v) is 3.89. The van der Waals surface area contributed by atoms with Crippen LogP contribution in [-0.4, -0.2) is 48.0 Å². The number of carbonyl (C=O) groups is 1. The molecular formula is C7H7N5O2. The molecule has 14 heavy (non-hydrogen) atoms. The van der Waals surface area contributed by atoms with E-state index in [2.05, 4.69) is 25.3 Å². The van der Waals surface area contributed by atoms with E-state index in [4.69, 9.17) is 5.11 Å². The summed E-state index contributed by atoms with van der Waals surface area (Å²) in [4.78, 5) is 26.0. The maximum Gasteiger partial charge on any atom is 0.317 e. The largest absolute Gasteiger partial charge is 0.480 e. The molecule has 0 fully saturated rings. The number of aliphatic imine (C=N–C) groups is 4. The second-order valence-electron chi connectivity index (χ2n) is 2.73. The summed E-state index contributed by atoms with van der Waals surface area (Å²) in [6.45, 7) is -0.224. The molecule has 0 radical (unpaired) electrons. The average Bonchev–Trinajstić information content (AvgIpc) is 2.58. The standard InChI is InChI=1S/C7H7N5O2/c13-5(14)1-11-7-2-8-3-9-6(7)10-4-12-7/h2-4,11H,1H2,(H,13,14). The summed E-state index contributed by atoms with van der Waals surface area (Å²) in [5.41, 5.74) is -0.979. The van der Waals surface area contributed by atoms with Gasteiger partial charge in [-0.1, -0.05) is 0 Å². The van der Waals surface area contributed by atoms with E-state index in [1.54, 1.807) is 0 Å². The van der Waals surface area contributed by atoms with Crippen molar-refractivity contribution in [1.29, 1.82) is 0 Å². The van der Waals surface area contributed by atoms with Crippen LogP contribution in [0.2, 0.25) is 0 Å².